The maximum absolute atomic E-state index is 11.5. The second-order valence-electron chi connectivity index (χ2n) is 6.46. The highest BCUT2D eigenvalue weighted by Crippen LogP contribution is 2.29. The first-order chi connectivity index (χ1) is 11.8. The Balaban J connectivity index is 2.09. The molecule has 1 N–H and O–H groups in total. The first-order valence-electron chi connectivity index (χ1n) is 7.96. The molecule has 1 amide bonds. The largest absolute Gasteiger partial charge is 0.465 e. The summed E-state index contributed by atoms with van der Waals surface area (Å²) in [6.45, 7) is 9.28. The molecule has 0 saturated carbocycles. The maximum Gasteiger partial charge on any atom is 0.412 e. The summed E-state index contributed by atoms with van der Waals surface area (Å²) in [4.78, 5) is 14.0. The molecule has 0 spiro atoms. The Kier molecular flexibility index (Phi) is 6.15. The molecule has 0 aliphatic carbocycles. The minimum atomic E-state index is -0.978. The number of thioether (sulfide) groups is 1. The Hall–Kier alpha value is -2.40. The predicted octanol–water partition coefficient (Wildman–Crippen LogP) is 6.04. The zero-order valence-electron chi connectivity index (χ0n) is 14.7. The quantitative estimate of drug-likeness (QED) is 0.506. The number of hydrogen-bond donors (Lipinski definition) is 1. The average Bonchev–Trinajstić information content (AvgIpc) is 2.54. The van der Waals surface area contributed by atoms with Gasteiger partial charge >= 0.3 is 6.09 Å². The number of nitrogens with zero attached hydrogens (tertiary/aromatic N) is 1. The number of amides is 1. The van der Waals surface area contributed by atoms with Crippen molar-refractivity contribution < 1.29 is 14.6 Å². The van der Waals surface area contributed by atoms with E-state index in [0.29, 0.717) is 11.4 Å². The van der Waals surface area contributed by atoms with Gasteiger partial charge in [-0.15, -0.1) is 18.3 Å². The summed E-state index contributed by atoms with van der Waals surface area (Å²) in [7, 11) is 0. The summed E-state index contributed by atoms with van der Waals surface area (Å²) in [5, 5.41) is 9.44. The van der Waals surface area contributed by atoms with Crippen LogP contribution in [0.4, 0.5) is 10.5 Å². The van der Waals surface area contributed by atoms with Crippen LogP contribution in [0.25, 0.3) is 0 Å². The van der Waals surface area contributed by atoms with Gasteiger partial charge in [0.1, 0.15) is 11.5 Å². The van der Waals surface area contributed by atoms with Gasteiger partial charge in [-0.25, -0.2) is 4.79 Å². The number of carbonyl (C=O) groups is 1. The molecule has 0 saturated heterocycles. The molecule has 132 valence electrons. The van der Waals surface area contributed by atoms with E-state index < -0.39 is 11.6 Å². The zero-order valence-corrected chi connectivity index (χ0v) is 15.5. The highest BCUT2D eigenvalue weighted by Gasteiger charge is 2.27. The lowest BCUT2D eigenvalue weighted by atomic mass is 10.1. The molecular formula is C20H23NO3S. The van der Waals surface area contributed by atoms with Gasteiger partial charge < -0.3 is 9.84 Å². The lowest BCUT2D eigenvalue weighted by Crippen LogP contribution is -2.45. The lowest BCUT2D eigenvalue weighted by Gasteiger charge is -2.33. The van der Waals surface area contributed by atoms with E-state index in [2.05, 4.69) is 6.58 Å². The van der Waals surface area contributed by atoms with Crippen molar-refractivity contribution in [1.82, 2.24) is 0 Å². The van der Waals surface area contributed by atoms with Crippen molar-refractivity contribution in [3.05, 3.63) is 61.2 Å². The Bertz CT molecular complexity index is 718. The number of rotatable bonds is 6. The number of benzene rings is 2. The van der Waals surface area contributed by atoms with Gasteiger partial charge in [-0.3, -0.25) is 4.90 Å². The molecule has 2 rings (SSSR count). The van der Waals surface area contributed by atoms with E-state index in [4.69, 9.17) is 4.74 Å². The molecule has 0 aliphatic rings. The second-order valence-corrected chi connectivity index (χ2v) is 7.55. The lowest BCUT2D eigenvalue weighted by molar-refractivity contribution is 0.195. The van der Waals surface area contributed by atoms with Gasteiger partial charge in [-0.05, 0) is 69.3 Å². The van der Waals surface area contributed by atoms with Crippen molar-refractivity contribution in [2.24, 2.45) is 0 Å². The van der Waals surface area contributed by atoms with Crippen molar-refractivity contribution >= 4 is 23.5 Å². The van der Waals surface area contributed by atoms with Crippen LogP contribution in [0.5, 0.6) is 11.5 Å². The number of hydrogen-bond acceptors (Lipinski definition) is 3. The van der Waals surface area contributed by atoms with Crippen molar-refractivity contribution in [2.75, 3.05) is 10.7 Å². The van der Waals surface area contributed by atoms with Crippen LogP contribution in [0.1, 0.15) is 20.8 Å². The molecule has 0 bridgehead atoms. The molecule has 0 aromatic heterocycles. The minimum Gasteiger partial charge on any atom is -0.465 e. The third-order valence-corrected chi connectivity index (χ3v) is 4.39. The van der Waals surface area contributed by atoms with Gasteiger partial charge in [-0.2, -0.15) is 0 Å². The van der Waals surface area contributed by atoms with E-state index in [1.807, 2.05) is 51.1 Å². The number of ether oxygens (including phenoxy) is 1. The zero-order chi connectivity index (χ0) is 18.4. The van der Waals surface area contributed by atoms with Crippen molar-refractivity contribution in [3.63, 3.8) is 0 Å². The van der Waals surface area contributed by atoms with Crippen LogP contribution in [0.3, 0.4) is 0 Å². The monoisotopic (exact) mass is 357 g/mol. The van der Waals surface area contributed by atoms with Crippen LogP contribution in [0.2, 0.25) is 0 Å². The standard InChI is InChI=1S/C20H23NO3S/c1-5-14-25-18-12-10-17(11-13-18)24-16-8-6-15(7-9-16)21(19(22)23)20(2,3)4/h5-13H,1,14H2,2-4H3,(H,22,23). The molecule has 25 heavy (non-hydrogen) atoms. The van der Waals surface area contributed by atoms with Gasteiger partial charge in [0, 0.05) is 21.9 Å². The Morgan fingerprint density at radius 2 is 1.64 bits per heavy atom. The maximum atomic E-state index is 11.5. The Labute approximate surface area is 153 Å². The van der Waals surface area contributed by atoms with Crippen LogP contribution in [0, 0.1) is 0 Å². The Morgan fingerprint density at radius 1 is 1.12 bits per heavy atom. The normalized spacial score (nSPS) is 11.0. The fraction of sp³-hybridized carbons (Fsp3) is 0.250. The van der Waals surface area contributed by atoms with Crippen molar-refractivity contribution in [2.45, 2.75) is 31.2 Å². The van der Waals surface area contributed by atoms with E-state index in [1.54, 1.807) is 36.0 Å². The number of carboxylic acid groups (broad SMARTS) is 1. The van der Waals surface area contributed by atoms with Crippen LogP contribution in [0.15, 0.2) is 66.1 Å². The van der Waals surface area contributed by atoms with E-state index in [0.717, 1.165) is 16.4 Å². The van der Waals surface area contributed by atoms with Crippen molar-refractivity contribution in [3.8, 4) is 11.5 Å². The van der Waals surface area contributed by atoms with Gasteiger partial charge in [0.05, 0.1) is 0 Å². The average molecular weight is 357 g/mol. The van der Waals surface area contributed by atoms with Gasteiger partial charge in [0.15, 0.2) is 0 Å². The smallest absolute Gasteiger partial charge is 0.412 e. The van der Waals surface area contributed by atoms with E-state index in [1.165, 1.54) is 4.90 Å². The molecule has 4 nitrogen and oxygen atoms in total. The second kappa shape index (κ2) is 8.12. The molecule has 0 radical (unpaired) electrons. The topological polar surface area (TPSA) is 49.8 Å². The molecular weight excluding hydrogens is 334 g/mol. The molecule has 2 aromatic rings. The third kappa shape index (κ3) is 5.29. The molecule has 2 aromatic carbocycles. The van der Waals surface area contributed by atoms with Gasteiger partial charge in [0.25, 0.3) is 0 Å². The predicted molar refractivity (Wildman–Crippen MR) is 104 cm³/mol. The van der Waals surface area contributed by atoms with Crippen LogP contribution >= 0.6 is 11.8 Å². The molecule has 5 heteroatoms. The fourth-order valence-corrected chi connectivity index (χ4v) is 2.98. The van der Waals surface area contributed by atoms with Gasteiger partial charge in [0.2, 0.25) is 0 Å². The first-order valence-corrected chi connectivity index (χ1v) is 8.94. The highest BCUT2D eigenvalue weighted by atomic mass is 32.2. The van der Waals surface area contributed by atoms with E-state index in [-0.39, 0.29) is 0 Å². The summed E-state index contributed by atoms with van der Waals surface area (Å²) in [6, 6.07) is 14.9. The molecule has 0 atom stereocenters. The number of anilines is 1. The summed E-state index contributed by atoms with van der Waals surface area (Å²) >= 11 is 1.71. The summed E-state index contributed by atoms with van der Waals surface area (Å²) < 4.78 is 5.82. The van der Waals surface area contributed by atoms with E-state index >= 15 is 0 Å². The first kappa shape index (κ1) is 18.9. The summed E-state index contributed by atoms with van der Waals surface area (Å²) in [5.41, 5.74) is 0.0937. The van der Waals surface area contributed by atoms with Crippen LogP contribution < -0.4 is 9.64 Å². The molecule has 0 aliphatic heterocycles. The van der Waals surface area contributed by atoms with Crippen LogP contribution in [-0.2, 0) is 0 Å². The molecule has 0 fully saturated rings. The van der Waals surface area contributed by atoms with Crippen molar-refractivity contribution in [1.29, 1.82) is 0 Å². The summed E-state index contributed by atoms with van der Waals surface area (Å²) in [5.74, 6) is 2.27. The minimum absolute atomic E-state index is 0.521. The third-order valence-electron chi connectivity index (χ3n) is 3.38. The highest BCUT2D eigenvalue weighted by molar-refractivity contribution is 7.99. The van der Waals surface area contributed by atoms with Gasteiger partial charge in [-0.1, -0.05) is 6.08 Å². The van der Waals surface area contributed by atoms with E-state index in [9.17, 15) is 9.90 Å². The molecule has 0 heterocycles. The fourth-order valence-electron chi connectivity index (χ4n) is 2.34. The Morgan fingerprint density at radius 3 is 2.08 bits per heavy atom. The summed E-state index contributed by atoms with van der Waals surface area (Å²) in [6.07, 6.45) is 0.892. The SMILES string of the molecule is C=CCSc1ccc(Oc2ccc(N(C(=O)O)C(C)(C)C)cc2)cc1. The van der Waals surface area contributed by atoms with Crippen LogP contribution in [-0.4, -0.2) is 22.5 Å². The molecule has 0 unspecified atom stereocenters.